The molecule has 0 aromatic heterocycles. The maximum absolute atomic E-state index is 13.3. The molecule has 2 aliphatic heterocycles. The zero-order valence-electron chi connectivity index (χ0n) is 21.4. The van der Waals surface area contributed by atoms with Crippen LogP contribution in [0.2, 0.25) is 0 Å². The van der Waals surface area contributed by atoms with Crippen molar-refractivity contribution in [3.8, 4) is 0 Å². The zero-order valence-corrected chi connectivity index (χ0v) is 21.4. The lowest BCUT2D eigenvalue weighted by Gasteiger charge is -2.39. The molecule has 2 amide bonds. The highest BCUT2D eigenvalue weighted by atomic mass is 16.2. The van der Waals surface area contributed by atoms with Crippen molar-refractivity contribution in [2.24, 2.45) is 10.8 Å². The van der Waals surface area contributed by atoms with Crippen molar-refractivity contribution in [2.45, 2.75) is 64.8 Å². The van der Waals surface area contributed by atoms with E-state index in [2.05, 4.69) is 66.2 Å². The highest BCUT2D eigenvalue weighted by Crippen LogP contribution is 2.52. The predicted molar refractivity (Wildman–Crippen MR) is 140 cm³/mol. The molecule has 2 bridgehead atoms. The highest BCUT2D eigenvalue weighted by Gasteiger charge is 2.51. The van der Waals surface area contributed by atoms with Gasteiger partial charge in [-0.25, -0.2) is 0 Å². The van der Waals surface area contributed by atoms with Crippen LogP contribution in [0, 0.1) is 10.8 Å². The number of benzene rings is 2. The number of carbonyl (C=O) groups excluding carboxylic acids is 2. The van der Waals surface area contributed by atoms with E-state index in [1.807, 2.05) is 24.3 Å². The first-order valence-electron chi connectivity index (χ1n) is 13.2. The molecule has 5 rings (SSSR count). The van der Waals surface area contributed by atoms with Crippen LogP contribution < -0.4 is 5.32 Å². The van der Waals surface area contributed by atoms with E-state index in [1.165, 1.54) is 12.0 Å². The van der Waals surface area contributed by atoms with E-state index in [0.29, 0.717) is 24.1 Å². The number of likely N-dealkylation sites (tertiary alicyclic amines) is 2. The summed E-state index contributed by atoms with van der Waals surface area (Å²) in [5.74, 6) is 0.714. The summed E-state index contributed by atoms with van der Waals surface area (Å²) in [5.41, 5.74) is 3.38. The number of nitrogens with one attached hydrogen (secondary N) is 1. The van der Waals surface area contributed by atoms with Crippen LogP contribution in [0.4, 0.5) is 5.69 Å². The minimum Gasteiger partial charge on any atom is -0.335 e. The molecule has 2 heterocycles. The van der Waals surface area contributed by atoms with Gasteiger partial charge in [0.15, 0.2) is 0 Å². The summed E-state index contributed by atoms with van der Waals surface area (Å²) in [6.45, 7) is 10.1. The monoisotopic (exact) mass is 473 g/mol. The van der Waals surface area contributed by atoms with E-state index in [-0.39, 0.29) is 22.6 Å². The topological polar surface area (TPSA) is 52.7 Å². The zero-order chi connectivity index (χ0) is 24.6. The van der Waals surface area contributed by atoms with Crippen LogP contribution in [-0.2, 0) is 4.79 Å². The molecule has 2 unspecified atom stereocenters. The molecule has 0 spiro atoms. The lowest BCUT2D eigenvalue weighted by molar-refractivity contribution is -0.117. The second-order valence-corrected chi connectivity index (χ2v) is 12.2. The second-order valence-electron chi connectivity index (χ2n) is 12.2. The number of amides is 2. The van der Waals surface area contributed by atoms with Gasteiger partial charge in [-0.2, -0.15) is 0 Å². The Bertz CT molecular complexity index is 1060. The van der Waals surface area contributed by atoms with Crippen LogP contribution in [0.15, 0.2) is 54.6 Å². The smallest absolute Gasteiger partial charge is 0.254 e. The van der Waals surface area contributed by atoms with Crippen molar-refractivity contribution >= 4 is 17.5 Å². The number of rotatable bonds is 5. The molecule has 0 radical (unpaired) electrons. The van der Waals surface area contributed by atoms with E-state index in [0.717, 1.165) is 51.0 Å². The largest absolute Gasteiger partial charge is 0.335 e. The molecular formula is C30H39N3O2. The van der Waals surface area contributed by atoms with Crippen molar-refractivity contribution in [3.63, 3.8) is 0 Å². The lowest BCUT2D eigenvalue weighted by atomic mass is 9.65. The Labute approximate surface area is 209 Å². The molecule has 35 heavy (non-hydrogen) atoms. The molecular weight excluding hydrogens is 434 g/mol. The van der Waals surface area contributed by atoms with Gasteiger partial charge in [-0.3, -0.25) is 14.5 Å². The number of anilines is 1. The van der Waals surface area contributed by atoms with E-state index in [4.69, 9.17) is 0 Å². The molecule has 5 heteroatoms. The van der Waals surface area contributed by atoms with Gasteiger partial charge < -0.3 is 10.2 Å². The van der Waals surface area contributed by atoms with Gasteiger partial charge in [-0.15, -0.1) is 0 Å². The maximum Gasteiger partial charge on any atom is 0.254 e. The summed E-state index contributed by atoms with van der Waals surface area (Å²) in [6.07, 6.45) is 5.53. The van der Waals surface area contributed by atoms with E-state index in [1.54, 1.807) is 0 Å². The summed E-state index contributed by atoms with van der Waals surface area (Å²) in [4.78, 5) is 30.3. The van der Waals surface area contributed by atoms with Crippen molar-refractivity contribution in [1.82, 2.24) is 9.80 Å². The Morgan fingerprint density at radius 1 is 0.943 bits per heavy atom. The minimum atomic E-state index is 0.00531. The van der Waals surface area contributed by atoms with Crippen molar-refractivity contribution in [2.75, 3.05) is 31.5 Å². The third-order valence-corrected chi connectivity index (χ3v) is 8.32. The molecule has 5 nitrogen and oxygen atoms in total. The molecule has 3 aliphatic rings. The highest BCUT2D eigenvalue weighted by molar-refractivity contribution is 5.96. The van der Waals surface area contributed by atoms with E-state index < -0.39 is 0 Å². The van der Waals surface area contributed by atoms with Crippen molar-refractivity contribution in [1.29, 1.82) is 0 Å². The fourth-order valence-electron chi connectivity index (χ4n) is 7.11. The average Bonchev–Trinajstić information content (AvgIpc) is 3.08. The molecule has 2 atom stereocenters. The lowest BCUT2D eigenvalue weighted by Crippen LogP contribution is -2.38. The molecule has 2 aromatic carbocycles. The Morgan fingerprint density at radius 2 is 1.63 bits per heavy atom. The molecule has 3 fully saturated rings. The second kappa shape index (κ2) is 9.42. The van der Waals surface area contributed by atoms with Crippen molar-refractivity contribution in [3.05, 3.63) is 65.7 Å². The first kappa shape index (κ1) is 24.1. The number of hydrogen-bond donors (Lipinski definition) is 1. The van der Waals surface area contributed by atoms with Crippen LogP contribution in [0.1, 0.15) is 74.7 Å². The first-order valence-corrected chi connectivity index (χ1v) is 13.2. The van der Waals surface area contributed by atoms with E-state index >= 15 is 0 Å². The number of fused-ring (bicyclic) bond motifs is 2. The number of nitrogens with zero attached hydrogens (tertiary/aromatic N) is 2. The molecule has 2 aromatic rings. The molecule has 1 saturated carbocycles. The average molecular weight is 474 g/mol. The SMILES string of the molecule is CC1(C)CC2CC(C)(CN2C(=O)c2ccc(NC(=O)CN3CCC(c4ccccc4)CC3)cc2)C1. The molecule has 186 valence electrons. The van der Waals surface area contributed by atoms with Crippen LogP contribution in [0.5, 0.6) is 0 Å². The van der Waals surface area contributed by atoms with E-state index in [9.17, 15) is 9.59 Å². The Kier molecular flexibility index (Phi) is 6.47. The Hall–Kier alpha value is -2.66. The summed E-state index contributed by atoms with van der Waals surface area (Å²) < 4.78 is 0. The minimum absolute atomic E-state index is 0.00531. The normalized spacial score (nSPS) is 26.5. The fraction of sp³-hybridized carbons (Fsp3) is 0.533. The third kappa shape index (κ3) is 5.45. The van der Waals surface area contributed by atoms with Gasteiger partial charge in [0.2, 0.25) is 5.91 Å². The molecule has 2 saturated heterocycles. The maximum atomic E-state index is 13.3. The number of piperidine rings is 1. The van der Waals surface area contributed by atoms with Crippen LogP contribution in [0.3, 0.4) is 0 Å². The fourth-order valence-corrected chi connectivity index (χ4v) is 7.11. The van der Waals surface area contributed by atoms with Gasteiger partial charge in [-0.1, -0.05) is 51.1 Å². The van der Waals surface area contributed by atoms with Gasteiger partial charge in [0.1, 0.15) is 0 Å². The van der Waals surface area contributed by atoms with Gasteiger partial charge in [-0.05, 0) is 91.8 Å². The molecule has 1 N–H and O–H groups in total. The summed E-state index contributed by atoms with van der Waals surface area (Å²) >= 11 is 0. The van der Waals surface area contributed by atoms with Gasteiger partial charge in [0.25, 0.3) is 5.91 Å². The third-order valence-electron chi connectivity index (χ3n) is 8.32. The molecule has 1 aliphatic carbocycles. The number of carbonyl (C=O) groups is 2. The van der Waals surface area contributed by atoms with Crippen LogP contribution >= 0.6 is 0 Å². The van der Waals surface area contributed by atoms with Gasteiger partial charge in [0, 0.05) is 23.8 Å². The van der Waals surface area contributed by atoms with Crippen molar-refractivity contribution < 1.29 is 9.59 Å². The summed E-state index contributed by atoms with van der Waals surface area (Å²) in [5, 5.41) is 3.02. The Morgan fingerprint density at radius 3 is 2.31 bits per heavy atom. The summed E-state index contributed by atoms with van der Waals surface area (Å²) in [6, 6.07) is 18.5. The van der Waals surface area contributed by atoms with Gasteiger partial charge >= 0.3 is 0 Å². The number of hydrogen-bond acceptors (Lipinski definition) is 3. The predicted octanol–water partition coefficient (Wildman–Crippen LogP) is 5.55. The standard InChI is InChI=1S/C30H39N3O2/c1-29(2)17-26-18-30(3,20-29)21-33(26)28(35)24-9-11-25(12-10-24)31-27(34)19-32-15-13-23(14-16-32)22-7-5-4-6-8-22/h4-12,23,26H,13-21H2,1-3H3,(H,31,34). The van der Waals surface area contributed by atoms with Crippen LogP contribution in [0.25, 0.3) is 0 Å². The Balaban J connectivity index is 1.12. The summed E-state index contributed by atoms with van der Waals surface area (Å²) in [7, 11) is 0. The first-order chi connectivity index (χ1) is 16.7. The van der Waals surface area contributed by atoms with Crippen LogP contribution in [-0.4, -0.2) is 53.8 Å². The van der Waals surface area contributed by atoms with Gasteiger partial charge in [0.05, 0.1) is 6.54 Å². The quantitative estimate of drug-likeness (QED) is 0.620.